The van der Waals surface area contributed by atoms with Crippen LogP contribution in [-0.4, -0.2) is 54.6 Å². The molecule has 2 heterocycles. The number of nitrogens with zero attached hydrogens (tertiary/aromatic N) is 2. The van der Waals surface area contributed by atoms with Crippen LogP contribution in [0.1, 0.15) is 52.4 Å². The Bertz CT molecular complexity index is 1720. The van der Waals surface area contributed by atoms with Crippen LogP contribution in [-0.2, 0) is 27.1 Å². The molecule has 246 valence electrons. The number of carbonyl (C=O) groups excluding carboxylic acids is 2. The molecule has 1 aromatic heterocycles. The minimum Gasteiger partial charge on any atom is -0.453 e. The maximum Gasteiger partial charge on any atom is 0.407 e. The molecule has 3 N–H and O–H groups in total. The van der Waals surface area contributed by atoms with Gasteiger partial charge in [-0.05, 0) is 41.2 Å². The van der Waals surface area contributed by atoms with E-state index in [1.165, 1.54) is 7.11 Å². The maximum absolute atomic E-state index is 14.0. The van der Waals surface area contributed by atoms with E-state index >= 15 is 0 Å². The largest absolute Gasteiger partial charge is 0.453 e. The first-order valence-corrected chi connectivity index (χ1v) is 16.1. The van der Waals surface area contributed by atoms with Crippen molar-refractivity contribution in [3.63, 3.8) is 0 Å². The number of morpholine rings is 1. The molecule has 1 saturated heterocycles. The molecule has 4 aromatic carbocycles. The third-order valence-electron chi connectivity index (χ3n) is 8.47. The van der Waals surface area contributed by atoms with E-state index in [4.69, 9.17) is 13.9 Å². The summed E-state index contributed by atoms with van der Waals surface area (Å²) in [6, 6.07) is 35.9. The predicted octanol–water partition coefficient (Wildman–Crippen LogP) is 5.82. The fraction of sp³-hybridized carbons (Fsp3) is 0.263. The Morgan fingerprint density at radius 2 is 1.52 bits per heavy atom. The molecule has 3 atom stereocenters. The highest BCUT2D eigenvalue weighted by atomic mass is 16.5. The van der Waals surface area contributed by atoms with Crippen LogP contribution >= 0.6 is 0 Å². The molecular formula is C38H39N5O5. The summed E-state index contributed by atoms with van der Waals surface area (Å²) in [6.45, 7) is 1.04. The summed E-state index contributed by atoms with van der Waals surface area (Å²) in [5, 5.41) is 17.9. The molecule has 0 aliphatic carbocycles. The van der Waals surface area contributed by atoms with Gasteiger partial charge in [-0.3, -0.25) is 4.79 Å². The smallest absolute Gasteiger partial charge is 0.407 e. The fourth-order valence-corrected chi connectivity index (χ4v) is 5.99. The second kappa shape index (κ2) is 16.0. The lowest BCUT2D eigenvalue weighted by Gasteiger charge is -2.29. The molecule has 1 aliphatic rings. The third-order valence-corrected chi connectivity index (χ3v) is 8.47. The molecular weight excluding hydrogens is 606 g/mol. The number of ether oxygens (including phenoxy) is 2. The van der Waals surface area contributed by atoms with Crippen molar-refractivity contribution in [3.05, 3.63) is 149 Å². The Morgan fingerprint density at radius 3 is 2.17 bits per heavy atom. The average molecular weight is 646 g/mol. The molecule has 1 fully saturated rings. The summed E-state index contributed by atoms with van der Waals surface area (Å²) in [4.78, 5) is 26.6. The van der Waals surface area contributed by atoms with E-state index in [1.54, 1.807) is 0 Å². The summed E-state index contributed by atoms with van der Waals surface area (Å²) in [7, 11) is 1.29. The van der Waals surface area contributed by atoms with Gasteiger partial charge in [-0.25, -0.2) is 4.79 Å². The summed E-state index contributed by atoms with van der Waals surface area (Å²) < 4.78 is 17.1. The number of alkyl carbamates (subject to hydrolysis) is 1. The van der Waals surface area contributed by atoms with Gasteiger partial charge in [-0.15, -0.1) is 10.2 Å². The molecule has 1 aliphatic heterocycles. The van der Waals surface area contributed by atoms with Crippen molar-refractivity contribution >= 4 is 17.7 Å². The van der Waals surface area contributed by atoms with Crippen LogP contribution in [0.4, 0.5) is 10.5 Å². The Labute approximate surface area is 279 Å². The highest BCUT2D eigenvalue weighted by molar-refractivity contribution is 5.98. The van der Waals surface area contributed by atoms with Crippen LogP contribution in [0.15, 0.2) is 120 Å². The van der Waals surface area contributed by atoms with Crippen LogP contribution in [0, 0.1) is 0 Å². The number of anilines is 1. The summed E-state index contributed by atoms with van der Waals surface area (Å²) >= 11 is 0. The number of hydrogen-bond acceptors (Lipinski definition) is 8. The van der Waals surface area contributed by atoms with Gasteiger partial charge in [0.1, 0.15) is 12.1 Å². The van der Waals surface area contributed by atoms with Gasteiger partial charge in [0.2, 0.25) is 17.7 Å². The second-order valence-electron chi connectivity index (χ2n) is 11.7. The van der Waals surface area contributed by atoms with Gasteiger partial charge in [-0.1, -0.05) is 109 Å². The van der Waals surface area contributed by atoms with E-state index in [9.17, 15) is 9.59 Å². The number of aryl methyl sites for hydroxylation is 1. The number of carbonyl (C=O) groups is 2. The number of amides is 2. The number of hydrogen-bond donors (Lipinski definition) is 3. The summed E-state index contributed by atoms with van der Waals surface area (Å²) in [5.41, 5.74) is 4.53. The lowest BCUT2D eigenvalue weighted by atomic mass is 9.84. The molecule has 10 heteroatoms. The Hall–Kier alpha value is -5.32. The van der Waals surface area contributed by atoms with Crippen molar-refractivity contribution < 1.29 is 23.5 Å². The zero-order chi connectivity index (χ0) is 33.1. The van der Waals surface area contributed by atoms with Gasteiger partial charge < -0.3 is 29.8 Å². The molecule has 0 spiro atoms. The molecule has 0 saturated carbocycles. The Morgan fingerprint density at radius 1 is 0.875 bits per heavy atom. The lowest BCUT2D eigenvalue weighted by molar-refractivity contribution is -0.118. The van der Waals surface area contributed by atoms with E-state index in [0.717, 1.165) is 28.7 Å². The zero-order valence-corrected chi connectivity index (χ0v) is 26.8. The van der Waals surface area contributed by atoms with Gasteiger partial charge in [0.15, 0.2) is 0 Å². The molecule has 48 heavy (non-hydrogen) atoms. The molecule has 2 amide bonds. The first-order valence-electron chi connectivity index (χ1n) is 16.1. The number of aromatic nitrogens is 2. The summed E-state index contributed by atoms with van der Waals surface area (Å²) in [6.07, 6.45) is 1.26. The van der Waals surface area contributed by atoms with Gasteiger partial charge in [0, 0.05) is 18.2 Å². The van der Waals surface area contributed by atoms with Crippen LogP contribution in [0.5, 0.6) is 0 Å². The molecule has 0 unspecified atom stereocenters. The minimum atomic E-state index is -0.948. The number of rotatable bonds is 12. The predicted molar refractivity (Wildman–Crippen MR) is 181 cm³/mol. The van der Waals surface area contributed by atoms with E-state index in [0.29, 0.717) is 43.5 Å². The molecule has 0 bridgehead atoms. The highest BCUT2D eigenvalue weighted by Crippen LogP contribution is 2.30. The van der Waals surface area contributed by atoms with E-state index < -0.39 is 18.1 Å². The first-order chi connectivity index (χ1) is 23.6. The van der Waals surface area contributed by atoms with Crippen LogP contribution in [0.25, 0.3) is 0 Å². The standard InChI is InChI=1S/C38H39N5O5/c1-46-38(45)41-35(34(28-16-7-3-8-17-28)29-18-9-4-10-19-29)36(44)40-31-20-12-11-15-27(31)21-22-30-24-39-32(25-47-30)37-43-42-33(48-37)23-26-13-5-2-6-14-26/h2-20,30,32,34-35,39H,21-25H2,1H3,(H,40,44)(H,41,45)/t30-,32+,35+/m1/s1. The van der Waals surface area contributed by atoms with Crippen LogP contribution in [0.2, 0.25) is 0 Å². The quantitative estimate of drug-likeness (QED) is 0.155. The maximum atomic E-state index is 14.0. The van der Waals surface area contributed by atoms with Gasteiger partial charge >= 0.3 is 6.09 Å². The zero-order valence-electron chi connectivity index (χ0n) is 26.8. The average Bonchev–Trinajstić information content (AvgIpc) is 3.60. The fourth-order valence-electron chi connectivity index (χ4n) is 5.99. The molecule has 5 aromatic rings. The van der Waals surface area contributed by atoms with Crippen molar-refractivity contribution in [2.45, 2.75) is 43.4 Å². The number of para-hydroxylation sites is 1. The number of benzene rings is 4. The normalized spacial score (nSPS) is 16.6. The van der Waals surface area contributed by atoms with Crippen molar-refractivity contribution in [3.8, 4) is 0 Å². The lowest BCUT2D eigenvalue weighted by Crippen LogP contribution is -2.48. The van der Waals surface area contributed by atoms with Crippen molar-refractivity contribution in [1.82, 2.24) is 20.8 Å². The van der Waals surface area contributed by atoms with Crippen LogP contribution < -0.4 is 16.0 Å². The van der Waals surface area contributed by atoms with Gasteiger partial charge in [-0.2, -0.15) is 0 Å². The number of nitrogens with one attached hydrogen (secondary N) is 3. The monoisotopic (exact) mass is 645 g/mol. The SMILES string of the molecule is COC(=O)N[C@H](C(=O)Nc1ccccc1CC[C@@H]1CN[C@H](c2nnc(Cc3ccccc3)o2)CO1)C(c1ccccc1)c1ccccc1. The topological polar surface area (TPSA) is 128 Å². The molecule has 10 nitrogen and oxygen atoms in total. The summed E-state index contributed by atoms with van der Waals surface area (Å²) in [5.74, 6) is 0.283. The highest BCUT2D eigenvalue weighted by Gasteiger charge is 2.33. The van der Waals surface area contributed by atoms with Crippen molar-refractivity contribution in [1.29, 1.82) is 0 Å². The van der Waals surface area contributed by atoms with E-state index in [1.807, 2.05) is 115 Å². The van der Waals surface area contributed by atoms with Crippen molar-refractivity contribution in [2.75, 3.05) is 25.6 Å². The molecule has 0 radical (unpaired) electrons. The third kappa shape index (κ3) is 8.33. The van der Waals surface area contributed by atoms with Crippen LogP contribution in [0.3, 0.4) is 0 Å². The Balaban J connectivity index is 1.10. The van der Waals surface area contributed by atoms with E-state index in [2.05, 4.69) is 26.1 Å². The Kier molecular flexibility index (Phi) is 10.9. The second-order valence-corrected chi connectivity index (χ2v) is 11.7. The number of methoxy groups -OCH3 is 1. The minimum absolute atomic E-state index is 0.0361. The van der Waals surface area contributed by atoms with Crippen molar-refractivity contribution in [2.24, 2.45) is 0 Å². The van der Waals surface area contributed by atoms with E-state index in [-0.39, 0.29) is 18.1 Å². The van der Waals surface area contributed by atoms with Gasteiger partial charge in [0.05, 0.1) is 26.2 Å². The van der Waals surface area contributed by atoms with Gasteiger partial charge in [0.25, 0.3) is 0 Å². The molecule has 6 rings (SSSR count). The first kappa shape index (κ1) is 32.6.